The van der Waals surface area contributed by atoms with E-state index < -0.39 is 10.0 Å². The average molecular weight is 542 g/mol. The Morgan fingerprint density at radius 2 is 1.18 bits per heavy atom. The number of fused-ring (bicyclic) bond motifs is 8. The number of benzene rings is 6. The molecule has 0 saturated heterocycles. The van der Waals surface area contributed by atoms with Crippen LogP contribution < -0.4 is 4.90 Å². The third kappa shape index (κ3) is 4.09. The minimum atomic E-state index is -0.774. The van der Waals surface area contributed by atoms with Gasteiger partial charge in [-0.05, 0) is 95.3 Å². The first-order valence-corrected chi connectivity index (χ1v) is 17.0. The Balaban J connectivity index is 1.47. The summed E-state index contributed by atoms with van der Waals surface area (Å²) in [6, 6.07) is 42.7. The van der Waals surface area contributed by atoms with Crippen molar-refractivity contribution >= 4 is 80.1 Å². The summed E-state index contributed by atoms with van der Waals surface area (Å²) in [5, 5.41) is 8.06. The van der Waals surface area contributed by atoms with Gasteiger partial charge in [0.2, 0.25) is 0 Å². The molecular formula is C36H31NS2. The molecule has 0 bridgehead atoms. The van der Waals surface area contributed by atoms with Crippen molar-refractivity contribution in [2.24, 2.45) is 0 Å². The molecule has 0 aliphatic carbocycles. The third-order valence-corrected chi connectivity index (χ3v) is 10.5. The summed E-state index contributed by atoms with van der Waals surface area (Å²) in [7, 11) is -0.774. The van der Waals surface area contributed by atoms with Crippen LogP contribution in [0.3, 0.4) is 0 Å². The van der Waals surface area contributed by atoms with Gasteiger partial charge in [0, 0.05) is 42.6 Å². The van der Waals surface area contributed by atoms with Crippen LogP contribution in [0.2, 0.25) is 0 Å². The van der Waals surface area contributed by atoms with Gasteiger partial charge in [-0.3, -0.25) is 0 Å². The summed E-state index contributed by atoms with van der Waals surface area (Å²) in [6.45, 7) is 2.18. The molecule has 39 heavy (non-hydrogen) atoms. The molecule has 7 aromatic rings. The summed E-state index contributed by atoms with van der Waals surface area (Å²) in [5.74, 6) is 0. The molecular weight excluding hydrogens is 511 g/mol. The molecule has 3 heteroatoms. The van der Waals surface area contributed by atoms with E-state index in [4.69, 9.17) is 0 Å². The van der Waals surface area contributed by atoms with Gasteiger partial charge in [0.1, 0.15) is 0 Å². The maximum atomic E-state index is 2.38. The minimum absolute atomic E-state index is 0.774. The molecule has 6 aromatic carbocycles. The minimum Gasteiger partial charge on any atom is -0.310 e. The zero-order valence-electron chi connectivity index (χ0n) is 22.7. The molecule has 0 N–H and O–H groups in total. The molecule has 7 rings (SSSR count). The van der Waals surface area contributed by atoms with E-state index in [0.717, 1.165) is 0 Å². The fraction of sp³-hybridized carbons (Fsp3) is 0.111. The zero-order chi connectivity index (χ0) is 26.7. The number of aryl methyl sites for hydroxylation is 1. The largest absolute Gasteiger partial charge is 0.310 e. The Bertz CT molecular complexity index is 2000. The van der Waals surface area contributed by atoms with Crippen molar-refractivity contribution in [3.63, 3.8) is 0 Å². The van der Waals surface area contributed by atoms with Gasteiger partial charge >= 0.3 is 0 Å². The number of hydrogen-bond donors (Lipinski definition) is 0. The Morgan fingerprint density at radius 1 is 0.538 bits per heavy atom. The van der Waals surface area contributed by atoms with E-state index in [1.54, 1.807) is 0 Å². The van der Waals surface area contributed by atoms with Crippen LogP contribution in [0.5, 0.6) is 0 Å². The third-order valence-electron chi connectivity index (χ3n) is 7.65. The number of anilines is 3. The predicted molar refractivity (Wildman–Crippen MR) is 177 cm³/mol. The molecule has 1 heterocycles. The highest BCUT2D eigenvalue weighted by Crippen LogP contribution is 2.48. The standard InChI is InChI=1S/C36H31NS2/c1-24-14-20-31-33(22-24)29-12-8-9-13-30(29)35-32-21-17-27(23-34(32)38-36(31)35)37(25-10-6-5-7-11-25)26-15-18-28(19-16-26)39(2,3)4/h5-23H,1-4H3. The highest BCUT2D eigenvalue weighted by molar-refractivity contribution is 8.32. The molecule has 0 amide bonds. The lowest BCUT2D eigenvalue weighted by Gasteiger charge is -2.29. The zero-order valence-corrected chi connectivity index (χ0v) is 24.4. The van der Waals surface area contributed by atoms with E-state index in [1.807, 2.05) is 11.3 Å². The first-order chi connectivity index (χ1) is 18.9. The van der Waals surface area contributed by atoms with E-state index in [-0.39, 0.29) is 0 Å². The molecule has 0 unspecified atom stereocenters. The Kier molecular flexibility index (Phi) is 5.69. The molecule has 0 radical (unpaired) electrons. The molecule has 1 nitrogen and oxygen atoms in total. The number of nitrogens with zero attached hydrogens (tertiary/aromatic N) is 1. The van der Waals surface area contributed by atoms with Gasteiger partial charge in [-0.2, -0.15) is 0 Å². The van der Waals surface area contributed by atoms with Gasteiger partial charge in [0.05, 0.1) is 0 Å². The quantitative estimate of drug-likeness (QED) is 0.200. The second-order valence-corrected chi connectivity index (χ2v) is 16.3. The van der Waals surface area contributed by atoms with E-state index >= 15 is 0 Å². The number of rotatable bonds is 4. The molecule has 0 fully saturated rings. The van der Waals surface area contributed by atoms with Crippen LogP contribution in [-0.2, 0) is 0 Å². The average Bonchev–Trinajstić information content (AvgIpc) is 3.33. The van der Waals surface area contributed by atoms with E-state index in [2.05, 4.69) is 146 Å². The highest BCUT2D eigenvalue weighted by Gasteiger charge is 2.18. The summed E-state index contributed by atoms with van der Waals surface area (Å²) in [5.41, 5.74) is 4.83. The van der Waals surface area contributed by atoms with Crippen LogP contribution in [0.4, 0.5) is 17.1 Å². The van der Waals surface area contributed by atoms with Gasteiger partial charge in [-0.25, -0.2) is 10.0 Å². The lowest BCUT2D eigenvalue weighted by Crippen LogP contribution is -2.09. The van der Waals surface area contributed by atoms with Crippen LogP contribution in [-0.4, -0.2) is 18.8 Å². The molecule has 0 aliphatic heterocycles. The van der Waals surface area contributed by atoms with Crippen LogP contribution in [0.15, 0.2) is 120 Å². The van der Waals surface area contributed by atoms with Gasteiger partial charge in [-0.1, -0.05) is 72.3 Å². The van der Waals surface area contributed by atoms with Crippen LogP contribution >= 0.6 is 21.4 Å². The monoisotopic (exact) mass is 541 g/mol. The lowest BCUT2D eigenvalue weighted by atomic mass is 9.96. The van der Waals surface area contributed by atoms with Crippen molar-refractivity contribution in [2.75, 3.05) is 23.7 Å². The number of hydrogen-bond acceptors (Lipinski definition) is 2. The second-order valence-electron chi connectivity index (χ2n) is 11.1. The first kappa shape index (κ1) is 24.3. The highest BCUT2D eigenvalue weighted by atomic mass is 32.3. The van der Waals surface area contributed by atoms with Crippen LogP contribution in [0, 0.1) is 6.92 Å². The molecule has 0 aliphatic rings. The van der Waals surface area contributed by atoms with Crippen molar-refractivity contribution in [1.82, 2.24) is 0 Å². The fourth-order valence-electron chi connectivity index (χ4n) is 5.72. The fourth-order valence-corrected chi connectivity index (χ4v) is 7.97. The molecule has 0 spiro atoms. The second kappa shape index (κ2) is 9.15. The number of para-hydroxylation sites is 1. The summed E-state index contributed by atoms with van der Waals surface area (Å²) >= 11 is 1.92. The molecule has 0 atom stereocenters. The van der Waals surface area contributed by atoms with Crippen molar-refractivity contribution in [3.05, 3.63) is 121 Å². The number of thiophene rings is 1. The Morgan fingerprint density at radius 3 is 1.92 bits per heavy atom. The molecule has 0 saturated carbocycles. The Hall–Kier alpha value is -3.79. The normalized spacial score (nSPS) is 12.5. The summed E-state index contributed by atoms with van der Waals surface area (Å²) < 4.78 is 2.69. The maximum absolute atomic E-state index is 2.38. The van der Waals surface area contributed by atoms with Gasteiger partial charge < -0.3 is 4.90 Å². The van der Waals surface area contributed by atoms with Crippen LogP contribution in [0.1, 0.15) is 5.56 Å². The summed E-state index contributed by atoms with van der Waals surface area (Å²) in [4.78, 5) is 3.80. The first-order valence-electron chi connectivity index (χ1n) is 13.3. The molecule has 1 aromatic heterocycles. The summed E-state index contributed by atoms with van der Waals surface area (Å²) in [6.07, 6.45) is 7.04. The van der Waals surface area contributed by atoms with Crippen LogP contribution in [0.25, 0.3) is 41.7 Å². The van der Waals surface area contributed by atoms with E-state index in [9.17, 15) is 0 Å². The van der Waals surface area contributed by atoms with Gasteiger partial charge in [0.15, 0.2) is 0 Å². The van der Waals surface area contributed by atoms with E-state index in [1.165, 1.54) is 69.2 Å². The predicted octanol–water partition coefficient (Wildman–Crippen LogP) is 11.2. The molecule has 192 valence electrons. The lowest BCUT2D eigenvalue weighted by molar-refractivity contribution is 1.27. The van der Waals surface area contributed by atoms with Crippen molar-refractivity contribution < 1.29 is 0 Å². The Labute approximate surface area is 235 Å². The maximum Gasteiger partial charge on any atom is 0.0476 e. The smallest absolute Gasteiger partial charge is 0.0476 e. The van der Waals surface area contributed by atoms with E-state index in [0.29, 0.717) is 0 Å². The van der Waals surface area contributed by atoms with Crippen molar-refractivity contribution in [3.8, 4) is 0 Å². The van der Waals surface area contributed by atoms with Crippen molar-refractivity contribution in [1.29, 1.82) is 0 Å². The topological polar surface area (TPSA) is 3.24 Å². The van der Waals surface area contributed by atoms with Gasteiger partial charge in [0.25, 0.3) is 0 Å². The van der Waals surface area contributed by atoms with Gasteiger partial charge in [-0.15, -0.1) is 11.3 Å². The SMILES string of the molecule is Cc1ccc2c(c1)c1ccccc1c1c3ccc(N(c4ccccc4)c4ccc(S(C)(C)C)cc4)cc3sc21. The van der Waals surface area contributed by atoms with Crippen molar-refractivity contribution in [2.45, 2.75) is 11.8 Å².